The van der Waals surface area contributed by atoms with E-state index in [1.165, 1.54) is 6.42 Å². The summed E-state index contributed by atoms with van der Waals surface area (Å²) < 4.78 is 5.58. The third-order valence-corrected chi connectivity index (χ3v) is 2.47. The molecule has 0 spiro atoms. The number of ether oxygens (including phenoxy) is 1. The Bertz CT molecular complexity index is 291. The highest BCUT2D eigenvalue weighted by Crippen LogP contribution is 2.17. The first-order valence-corrected chi connectivity index (χ1v) is 6.30. The molecule has 1 N–H and O–H groups in total. The van der Waals surface area contributed by atoms with Gasteiger partial charge in [-0.25, -0.2) is 0 Å². The van der Waals surface area contributed by atoms with E-state index in [-0.39, 0.29) is 0 Å². The lowest BCUT2D eigenvalue weighted by Gasteiger charge is -2.06. The molecule has 1 rings (SSSR count). The van der Waals surface area contributed by atoms with Crippen molar-refractivity contribution >= 4 is 11.6 Å². The van der Waals surface area contributed by atoms with Gasteiger partial charge in [0.1, 0.15) is 5.75 Å². The van der Waals surface area contributed by atoms with Crippen LogP contribution in [0.15, 0.2) is 24.3 Å². The molecule has 0 heterocycles. The molecule has 90 valence electrons. The fourth-order valence-corrected chi connectivity index (χ4v) is 1.58. The molecule has 0 aliphatic rings. The molecule has 0 saturated carbocycles. The van der Waals surface area contributed by atoms with Crippen LogP contribution in [0.3, 0.4) is 0 Å². The van der Waals surface area contributed by atoms with E-state index in [9.17, 15) is 0 Å². The minimum atomic E-state index is 0.724. The standard InChI is InChI=1S/C13H20ClNO/c1-2-8-15-9-3-4-10-16-13-7-5-6-12(14)11-13/h5-7,11,15H,2-4,8-10H2,1H3. The van der Waals surface area contributed by atoms with E-state index in [1.54, 1.807) is 0 Å². The molecule has 16 heavy (non-hydrogen) atoms. The van der Waals surface area contributed by atoms with Crippen molar-refractivity contribution in [2.24, 2.45) is 0 Å². The Morgan fingerprint density at radius 1 is 1.25 bits per heavy atom. The number of rotatable bonds is 8. The molecular weight excluding hydrogens is 222 g/mol. The summed E-state index contributed by atoms with van der Waals surface area (Å²) in [5.41, 5.74) is 0. The maximum absolute atomic E-state index is 5.85. The van der Waals surface area contributed by atoms with Gasteiger partial charge in [-0.15, -0.1) is 0 Å². The number of unbranched alkanes of at least 4 members (excludes halogenated alkanes) is 1. The minimum absolute atomic E-state index is 0.724. The molecule has 3 heteroatoms. The Hall–Kier alpha value is -0.730. The van der Waals surface area contributed by atoms with Crippen LogP contribution < -0.4 is 10.1 Å². The van der Waals surface area contributed by atoms with Crippen molar-refractivity contribution in [1.29, 1.82) is 0 Å². The molecule has 1 aromatic carbocycles. The van der Waals surface area contributed by atoms with Gasteiger partial charge >= 0.3 is 0 Å². The second-order valence-electron chi connectivity index (χ2n) is 3.76. The highest BCUT2D eigenvalue weighted by atomic mass is 35.5. The molecule has 0 fully saturated rings. The average molecular weight is 242 g/mol. The van der Waals surface area contributed by atoms with E-state index in [1.807, 2.05) is 24.3 Å². The van der Waals surface area contributed by atoms with Gasteiger partial charge < -0.3 is 10.1 Å². The van der Waals surface area contributed by atoms with Gasteiger partial charge in [0.05, 0.1) is 6.61 Å². The summed E-state index contributed by atoms with van der Waals surface area (Å²) in [5, 5.41) is 4.09. The Labute approximate surface area is 103 Å². The van der Waals surface area contributed by atoms with Gasteiger partial charge in [-0.3, -0.25) is 0 Å². The van der Waals surface area contributed by atoms with Crippen molar-refractivity contribution in [3.8, 4) is 5.75 Å². The van der Waals surface area contributed by atoms with Gasteiger partial charge in [-0.2, -0.15) is 0 Å². The highest BCUT2D eigenvalue weighted by Gasteiger charge is 1.94. The van der Waals surface area contributed by atoms with Crippen molar-refractivity contribution in [3.05, 3.63) is 29.3 Å². The van der Waals surface area contributed by atoms with Crippen LogP contribution in [0.25, 0.3) is 0 Å². The molecule has 0 atom stereocenters. The second-order valence-corrected chi connectivity index (χ2v) is 4.20. The monoisotopic (exact) mass is 241 g/mol. The zero-order valence-electron chi connectivity index (χ0n) is 9.84. The van der Waals surface area contributed by atoms with Gasteiger partial charge in [0.25, 0.3) is 0 Å². The molecule has 0 aliphatic carbocycles. The molecular formula is C13H20ClNO. The maximum Gasteiger partial charge on any atom is 0.120 e. The number of hydrogen-bond acceptors (Lipinski definition) is 2. The molecule has 2 nitrogen and oxygen atoms in total. The molecule has 0 unspecified atom stereocenters. The summed E-state index contributed by atoms with van der Waals surface area (Å²) in [6, 6.07) is 7.53. The van der Waals surface area contributed by atoms with Crippen LogP contribution in [0.1, 0.15) is 26.2 Å². The number of halogens is 1. The fraction of sp³-hybridized carbons (Fsp3) is 0.538. The van der Waals surface area contributed by atoms with Crippen molar-refractivity contribution in [3.63, 3.8) is 0 Å². The third-order valence-electron chi connectivity index (χ3n) is 2.24. The summed E-state index contributed by atoms with van der Waals surface area (Å²) in [6.07, 6.45) is 3.42. The average Bonchev–Trinajstić information content (AvgIpc) is 2.28. The summed E-state index contributed by atoms with van der Waals surface area (Å²) in [6.45, 7) is 5.12. The van der Waals surface area contributed by atoms with Crippen LogP contribution >= 0.6 is 11.6 Å². The Balaban J connectivity index is 2.03. The molecule has 0 saturated heterocycles. The minimum Gasteiger partial charge on any atom is -0.494 e. The van der Waals surface area contributed by atoms with Crippen LogP contribution in [0.2, 0.25) is 5.02 Å². The van der Waals surface area contributed by atoms with E-state index in [0.717, 1.165) is 43.3 Å². The summed E-state index contributed by atoms with van der Waals surface area (Å²) in [5.74, 6) is 0.856. The van der Waals surface area contributed by atoms with E-state index >= 15 is 0 Å². The number of hydrogen-bond donors (Lipinski definition) is 1. The van der Waals surface area contributed by atoms with Gasteiger partial charge in [0, 0.05) is 5.02 Å². The van der Waals surface area contributed by atoms with Crippen molar-refractivity contribution in [2.45, 2.75) is 26.2 Å². The highest BCUT2D eigenvalue weighted by molar-refractivity contribution is 6.30. The topological polar surface area (TPSA) is 21.3 Å². The molecule has 0 amide bonds. The predicted molar refractivity (Wildman–Crippen MR) is 69.3 cm³/mol. The third kappa shape index (κ3) is 5.99. The first-order valence-electron chi connectivity index (χ1n) is 5.92. The Morgan fingerprint density at radius 2 is 2.12 bits per heavy atom. The summed E-state index contributed by atoms with van der Waals surface area (Å²) >= 11 is 5.85. The van der Waals surface area contributed by atoms with E-state index in [4.69, 9.17) is 16.3 Å². The number of nitrogens with one attached hydrogen (secondary N) is 1. The van der Waals surface area contributed by atoms with Crippen LogP contribution in [-0.2, 0) is 0 Å². The smallest absolute Gasteiger partial charge is 0.120 e. The Kier molecular flexibility index (Phi) is 7.02. The lowest BCUT2D eigenvalue weighted by molar-refractivity contribution is 0.306. The van der Waals surface area contributed by atoms with Crippen LogP contribution in [0.5, 0.6) is 5.75 Å². The molecule has 0 bridgehead atoms. The zero-order chi connectivity index (χ0) is 11.6. The predicted octanol–water partition coefficient (Wildman–Crippen LogP) is 3.50. The largest absolute Gasteiger partial charge is 0.494 e. The van der Waals surface area contributed by atoms with Crippen LogP contribution in [0.4, 0.5) is 0 Å². The van der Waals surface area contributed by atoms with E-state index < -0.39 is 0 Å². The van der Waals surface area contributed by atoms with Gasteiger partial charge in [0.2, 0.25) is 0 Å². The molecule has 0 aliphatic heterocycles. The number of benzene rings is 1. The first kappa shape index (κ1) is 13.3. The fourth-order valence-electron chi connectivity index (χ4n) is 1.40. The zero-order valence-corrected chi connectivity index (χ0v) is 10.6. The molecule has 1 aromatic rings. The summed E-state index contributed by atoms with van der Waals surface area (Å²) in [7, 11) is 0. The maximum atomic E-state index is 5.85. The quantitative estimate of drug-likeness (QED) is 0.704. The van der Waals surface area contributed by atoms with Crippen LogP contribution in [0, 0.1) is 0 Å². The molecule has 0 aromatic heterocycles. The van der Waals surface area contributed by atoms with Crippen molar-refractivity contribution in [2.75, 3.05) is 19.7 Å². The van der Waals surface area contributed by atoms with Crippen molar-refractivity contribution < 1.29 is 4.74 Å². The van der Waals surface area contributed by atoms with Crippen molar-refractivity contribution in [1.82, 2.24) is 5.32 Å². The lowest BCUT2D eigenvalue weighted by atomic mass is 10.3. The lowest BCUT2D eigenvalue weighted by Crippen LogP contribution is -2.16. The second kappa shape index (κ2) is 8.43. The normalized spacial score (nSPS) is 10.4. The van der Waals surface area contributed by atoms with E-state index in [0.29, 0.717) is 0 Å². The Morgan fingerprint density at radius 3 is 2.88 bits per heavy atom. The van der Waals surface area contributed by atoms with Gasteiger partial charge in [-0.1, -0.05) is 24.6 Å². The van der Waals surface area contributed by atoms with Crippen LogP contribution in [-0.4, -0.2) is 19.7 Å². The molecule has 0 radical (unpaired) electrons. The van der Waals surface area contributed by atoms with Gasteiger partial charge in [-0.05, 0) is 50.6 Å². The summed E-state index contributed by atoms with van der Waals surface area (Å²) in [4.78, 5) is 0. The SMILES string of the molecule is CCCNCCCCOc1cccc(Cl)c1. The van der Waals surface area contributed by atoms with E-state index in [2.05, 4.69) is 12.2 Å². The van der Waals surface area contributed by atoms with Gasteiger partial charge in [0.15, 0.2) is 0 Å². The first-order chi connectivity index (χ1) is 7.83.